The Morgan fingerprint density at radius 1 is 1.12 bits per heavy atom. The molecule has 0 amide bonds. The number of aliphatic imine (C=N–C) groups is 1. The van der Waals surface area contributed by atoms with E-state index in [2.05, 4.69) is 10.3 Å². The Labute approximate surface area is 141 Å². The van der Waals surface area contributed by atoms with Crippen LogP contribution in [0.15, 0.2) is 58.4 Å². The minimum atomic E-state index is -3.22. The molecule has 0 fully saturated rings. The largest absolute Gasteiger partial charge is 0.346 e. The van der Waals surface area contributed by atoms with E-state index in [1.54, 1.807) is 42.7 Å². The van der Waals surface area contributed by atoms with Gasteiger partial charge in [-0.05, 0) is 60.5 Å². The van der Waals surface area contributed by atoms with Gasteiger partial charge in [0.15, 0.2) is 9.84 Å². The van der Waals surface area contributed by atoms with Gasteiger partial charge in [-0.25, -0.2) is 12.8 Å². The minimum absolute atomic E-state index is 0.267. The maximum absolute atomic E-state index is 13.1. The summed E-state index contributed by atoms with van der Waals surface area (Å²) in [5, 5.41) is 3.08. The molecule has 0 bridgehead atoms. The highest BCUT2D eigenvalue weighted by Crippen LogP contribution is 2.18. The fourth-order valence-corrected chi connectivity index (χ4v) is 2.65. The molecule has 0 saturated heterocycles. The maximum Gasteiger partial charge on any atom is 0.175 e. The first-order chi connectivity index (χ1) is 11.4. The molecule has 0 unspecified atom stereocenters. The van der Waals surface area contributed by atoms with Gasteiger partial charge in [-0.2, -0.15) is 0 Å². The number of halogens is 1. The number of nitrogens with zero attached hydrogens (tertiary/aromatic N) is 1. The summed E-state index contributed by atoms with van der Waals surface area (Å²) in [5.41, 5.74) is 2.35. The molecular formula is C18H19FN2O2S. The van der Waals surface area contributed by atoms with E-state index in [4.69, 9.17) is 0 Å². The SMILES string of the molecule is CCN=CN/C(=C/c1ccc(S(C)(=O)=O)cc1)c1ccc(F)cc1. The van der Waals surface area contributed by atoms with Crippen LogP contribution in [0.25, 0.3) is 11.8 Å². The van der Waals surface area contributed by atoms with E-state index >= 15 is 0 Å². The van der Waals surface area contributed by atoms with Crippen LogP contribution in [0.2, 0.25) is 0 Å². The van der Waals surface area contributed by atoms with Gasteiger partial charge < -0.3 is 5.32 Å². The number of sulfone groups is 1. The van der Waals surface area contributed by atoms with Gasteiger partial charge in [0.05, 0.1) is 11.2 Å². The predicted octanol–water partition coefficient (Wildman–Crippen LogP) is 3.37. The molecule has 126 valence electrons. The van der Waals surface area contributed by atoms with Gasteiger partial charge >= 0.3 is 0 Å². The van der Waals surface area contributed by atoms with Crippen molar-refractivity contribution in [1.29, 1.82) is 0 Å². The molecule has 0 heterocycles. The molecule has 0 aliphatic carbocycles. The number of nitrogens with one attached hydrogen (secondary N) is 1. The third-order valence-corrected chi connectivity index (χ3v) is 4.40. The zero-order valence-corrected chi connectivity index (χ0v) is 14.3. The monoisotopic (exact) mass is 346 g/mol. The molecule has 6 heteroatoms. The van der Waals surface area contributed by atoms with Crippen LogP contribution in [0.1, 0.15) is 18.1 Å². The molecule has 2 rings (SSSR count). The lowest BCUT2D eigenvalue weighted by molar-refractivity contribution is 0.602. The van der Waals surface area contributed by atoms with Gasteiger partial charge in [-0.3, -0.25) is 4.99 Å². The fraction of sp³-hybridized carbons (Fsp3) is 0.167. The first-order valence-electron chi connectivity index (χ1n) is 7.42. The van der Waals surface area contributed by atoms with E-state index in [0.717, 1.165) is 16.8 Å². The molecule has 2 aromatic carbocycles. The summed E-state index contributed by atoms with van der Waals surface area (Å²) in [6.45, 7) is 2.57. The Morgan fingerprint density at radius 3 is 2.29 bits per heavy atom. The number of hydrogen-bond acceptors (Lipinski definition) is 3. The summed E-state index contributed by atoms with van der Waals surface area (Å²) < 4.78 is 36.1. The number of rotatable bonds is 6. The Balaban J connectivity index is 2.36. The Bertz CT molecular complexity index is 840. The summed E-state index contributed by atoms with van der Waals surface area (Å²) >= 11 is 0. The summed E-state index contributed by atoms with van der Waals surface area (Å²) in [5.74, 6) is -0.308. The van der Waals surface area contributed by atoms with Crippen LogP contribution in [0.4, 0.5) is 4.39 Å². The zero-order valence-electron chi connectivity index (χ0n) is 13.5. The van der Waals surface area contributed by atoms with Crippen LogP contribution < -0.4 is 5.32 Å². The Hall–Kier alpha value is -2.47. The van der Waals surface area contributed by atoms with Crippen LogP contribution >= 0.6 is 0 Å². The maximum atomic E-state index is 13.1. The highest BCUT2D eigenvalue weighted by atomic mass is 32.2. The van der Waals surface area contributed by atoms with Crippen molar-refractivity contribution in [3.63, 3.8) is 0 Å². The van der Waals surface area contributed by atoms with Crippen molar-refractivity contribution in [3.05, 3.63) is 65.5 Å². The lowest BCUT2D eigenvalue weighted by atomic mass is 10.1. The second kappa shape index (κ2) is 7.88. The second-order valence-electron chi connectivity index (χ2n) is 5.18. The van der Waals surface area contributed by atoms with Crippen molar-refractivity contribution in [3.8, 4) is 0 Å². The third-order valence-electron chi connectivity index (χ3n) is 3.27. The van der Waals surface area contributed by atoms with Crippen LogP contribution in [0, 0.1) is 5.82 Å². The minimum Gasteiger partial charge on any atom is -0.346 e. The van der Waals surface area contributed by atoms with Crippen molar-refractivity contribution in [2.75, 3.05) is 12.8 Å². The van der Waals surface area contributed by atoms with E-state index < -0.39 is 9.84 Å². The van der Waals surface area contributed by atoms with E-state index in [-0.39, 0.29) is 10.7 Å². The molecule has 0 radical (unpaired) electrons. The second-order valence-corrected chi connectivity index (χ2v) is 7.19. The number of hydrogen-bond donors (Lipinski definition) is 1. The van der Waals surface area contributed by atoms with Crippen molar-refractivity contribution in [2.24, 2.45) is 4.99 Å². The topological polar surface area (TPSA) is 58.5 Å². The van der Waals surface area contributed by atoms with E-state index in [0.29, 0.717) is 6.54 Å². The van der Waals surface area contributed by atoms with Crippen molar-refractivity contribution in [1.82, 2.24) is 5.32 Å². The Morgan fingerprint density at radius 2 is 1.75 bits per heavy atom. The average molecular weight is 346 g/mol. The summed E-state index contributed by atoms with van der Waals surface area (Å²) in [7, 11) is -3.22. The van der Waals surface area contributed by atoms with E-state index in [1.165, 1.54) is 18.4 Å². The average Bonchev–Trinajstić information content (AvgIpc) is 2.54. The highest BCUT2D eigenvalue weighted by Gasteiger charge is 2.06. The third kappa shape index (κ3) is 5.03. The van der Waals surface area contributed by atoms with Gasteiger partial charge in [0.2, 0.25) is 0 Å². The molecule has 0 saturated carbocycles. The van der Waals surface area contributed by atoms with Crippen molar-refractivity contribution < 1.29 is 12.8 Å². The first kappa shape index (κ1) is 17.9. The molecule has 2 aromatic rings. The zero-order chi connectivity index (χ0) is 17.6. The standard InChI is InChI=1S/C18H19FN2O2S/c1-3-20-13-21-18(15-6-8-16(19)9-7-15)12-14-4-10-17(11-5-14)24(2,22)23/h4-13H,3H2,1-2H3,(H,20,21)/b18-12+. The van der Waals surface area contributed by atoms with E-state index in [1.807, 2.05) is 13.0 Å². The van der Waals surface area contributed by atoms with Gasteiger partial charge in [0.25, 0.3) is 0 Å². The van der Waals surface area contributed by atoms with Crippen LogP contribution in [0.5, 0.6) is 0 Å². The van der Waals surface area contributed by atoms with Gasteiger partial charge in [-0.15, -0.1) is 0 Å². The van der Waals surface area contributed by atoms with E-state index in [9.17, 15) is 12.8 Å². The summed E-state index contributed by atoms with van der Waals surface area (Å²) in [6, 6.07) is 12.7. The normalized spacial score (nSPS) is 12.5. The highest BCUT2D eigenvalue weighted by molar-refractivity contribution is 7.90. The van der Waals surface area contributed by atoms with Crippen LogP contribution in [0.3, 0.4) is 0 Å². The molecular weight excluding hydrogens is 327 g/mol. The molecule has 0 aliphatic rings. The molecule has 0 atom stereocenters. The predicted molar refractivity (Wildman–Crippen MR) is 96.0 cm³/mol. The molecule has 4 nitrogen and oxygen atoms in total. The molecule has 1 N–H and O–H groups in total. The first-order valence-corrected chi connectivity index (χ1v) is 9.32. The lowest BCUT2D eigenvalue weighted by Crippen LogP contribution is -2.09. The van der Waals surface area contributed by atoms with Crippen LogP contribution in [-0.2, 0) is 9.84 Å². The van der Waals surface area contributed by atoms with Crippen LogP contribution in [-0.4, -0.2) is 27.6 Å². The summed E-state index contributed by atoms with van der Waals surface area (Å²) in [4.78, 5) is 4.38. The van der Waals surface area contributed by atoms with Crippen molar-refractivity contribution >= 4 is 27.9 Å². The van der Waals surface area contributed by atoms with Crippen molar-refractivity contribution in [2.45, 2.75) is 11.8 Å². The molecule has 0 aliphatic heterocycles. The molecule has 0 spiro atoms. The smallest absolute Gasteiger partial charge is 0.175 e. The quantitative estimate of drug-likeness (QED) is 0.496. The van der Waals surface area contributed by atoms with Gasteiger partial charge in [0, 0.05) is 18.5 Å². The lowest BCUT2D eigenvalue weighted by Gasteiger charge is -2.08. The van der Waals surface area contributed by atoms with Gasteiger partial charge in [0.1, 0.15) is 5.82 Å². The summed E-state index contributed by atoms with van der Waals surface area (Å²) in [6.07, 6.45) is 4.60. The fourth-order valence-electron chi connectivity index (χ4n) is 2.02. The Kier molecular flexibility index (Phi) is 5.87. The molecule has 24 heavy (non-hydrogen) atoms. The number of benzene rings is 2. The molecule has 0 aromatic heterocycles. The van der Waals surface area contributed by atoms with Gasteiger partial charge in [-0.1, -0.05) is 12.1 Å².